The topological polar surface area (TPSA) is 67.5 Å². The molecule has 0 fully saturated rings. The number of hydrogen-bond donors (Lipinski definition) is 2. The van der Waals surface area contributed by atoms with E-state index < -0.39 is 6.10 Å². The largest absolute Gasteiger partial charge is 0.491 e. The summed E-state index contributed by atoms with van der Waals surface area (Å²) in [4.78, 5) is 4.39. The van der Waals surface area contributed by atoms with Gasteiger partial charge in [0.05, 0.1) is 17.6 Å². The summed E-state index contributed by atoms with van der Waals surface area (Å²) in [6.45, 7) is 4.32. The summed E-state index contributed by atoms with van der Waals surface area (Å²) in [5.74, 6) is 1.33. The third-order valence-electron chi connectivity index (χ3n) is 4.04. The Morgan fingerprint density at radius 3 is 2.75 bits per heavy atom. The number of imidazole rings is 1. The molecule has 126 valence electrons. The summed E-state index contributed by atoms with van der Waals surface area (Å²) in [5, 5.41) is 19.9. The zero-order chi connectivity index (χ0) is 17.1. The fourth-order valence-corrected chi connectivity index (χ4v) is 2.76. The molecule has 0 radical (unpaired) electrons. The highest BCUT2D eigenvalue weighted by Crippen LogP contribution is 2.20. The van der Waals surface area contributed by atoms with Crippen molar-refractivity contribution in [2.75, 3.05) is 6.61 Å². The Hall–Kier alpha value is -2.37. The molecule has 0 saturated heterocycles. The first-order valence-corrected chi connectivity index (χ1v) is 8.01. The zero-order valence-electron chi connectivity index (χ0n) is 13.9. The molecule has 3 rings (SSSR count). The number of benzene rings is 2. The van der Waals surface area contributed by atoms with E-state index in [9.17, 15) is 10.2 Å². The molecule has 1 heterocycles. The van der Waals surface area contributed by atoms with Gasteiger partial charge in [-0.15, -0.1) is 0 Å². The van der Waals surface area contributed by atoms with Crippen LogP contribution in [-0.4, -0.2) is 32.5 Å². The van der Waals surface area contributed by atoms with E-state index in [0.29, 0.717) is 12.4 Å². The predicted molar refractivity (Wildman–Crippen MR) is 93.1 cm³/mol. The Morgan fingerprint density at radius 2 is 1.96 bits per heavy atom. The van der Waals surface area contributed by atoms with Crippen molar-refractivity contribution in [2.45, 2.75) is 33.1 Å². The number of ether oxygens (including phenoxy) is 1. The standard InChI is InChI=1S/C19H22N2O3/c1-13-7-8-14(2)18(9-13)24-12-15(23)10-21-17-6-4-3-5-16(17)20-19(21)11-22/h3-9,15,22-23H,10-12H2,1-2H3/t15-/m1/s1. The fraction of sp³-hybridized carbons (Fsp3) is 0.316. The van der Waals surface area contributed by atoms with E-state index in [1.807, 2.05) is 60.9 Å². The smallest absolute Gasteiger partial charge is 0.135 e. The number of aliphatic hydroxyl groups excluding tert-OH is 2. The molecule has 0 amide bonds. The molecule has 24 heavy (non-hydrogen) atoms. The third-order valence-corrected chi connectivity index (χ3v) is 4.04. The highest BCUT2D eigenvalue weighted by molar-refractivity contribution is 5.75. The molecule has 5 heteroatoms. The second-order valence-corrected chi connectivity index (χ2v) is 6.02. The minimum Gasteiger partial charge on any atom is -0.491 e. The van der Waals surface area contributed by atoms with Crippen molar-refractivity contribution in [1.29, 1.82) is 0 Å². The zero-order valence-corrected chi connectivity index (χ0v) is 13.9. The molecular weight excluding hydrogens is 304 g/mol. The maximum Gasteiger partial charge on any atom is 0.135 e. The van der Waals surface area contributed by atoms with E-state index in [-0.39, 0.29) is 13.2 Å². The molecule has 0 aliphatic rings. The maximum absolute atomic E-state index is 10.4. The van der Waals surface area contributed by atoms with Gasteiger partial charge >= 0.3 is 0 Å². The van der Waals surface area contributed by atoms with Crippen LogP contribution in [0.4, 0.5) is 0 Å². The Morgan fingerprint density at radius 1 is 1.17 bits per heavy atom. The first-order chi connectivity index (χ1) is 11.6. The van der Waals surface area contributed by atoms with E-state index in [0.717, 1.165) is 27.9 Å². The van der Waals surface area contributed by atoms with Crippen molar-refractivity contribution >= 4 is 11.0 Å². The lowest BCUT2D eigenvalue weighted by atomic mass is 10.1. The first kappa shape index (κ1) is 16.5. The summed E-state index contributed by atoms with van der Waals surface area (Å²) >= 11 is 0. The molecule has 3 aromatic rings. The number of aliphatic hydroxyl groups is 2. The monoisotopic (exact) mass is 326 g/mol. The molecule has 0 spiro atoms. The fourth-order valence-electron chi connectivity index (χ4n) is 2.76. The Labute approximate surface area is 141 Å². The summed E-state index contributed by atoms with van der Waals surface area (Å²) in [7, 11) is 0. The van der Waals surface area contributed by atoms with E-state index in [1.54, 1.807) is 0 Å². The molecule has 0 aliphatic heterocycles. The average molecular weight is 326 g/mol. The van der Waals surface area contributed by atoms with Crippen molar-refractivity contribution < 1.29 is 14.9 Å². The maximum atomic E-state index is 10.4. The van der Waals surface area contributed by atoms with Crippen LogP contribution < -0.4 is 4.74 Å². The van der Waals surface area contributed by atoms with Crippen molar-refractivity contribution in [3.63, 3.8) is 0 Å². The molecular formula is C19H22N2O3. The molecule has 2 aromatic carbocycles. The normalized spacial score (nSPS) is 12.5. The summed E-state index contributed by atoms with van der Waals surface area (Å²) in [5.41, 5.74) is 3.86. The van der Waals surface area contributed by atoms with Gasteiger partial charge in [-0.3, -0.25) is 0 Å². The minimum absolute atomic E-state index is 0.167. The van der Waals surface area contributed by atoms with Crippen LogP contribution in [0.2, 0.25) is 0 Å². The summed E-state index contributed by atoms with van der Waals surface area (Å²) in [6.07, 6.45) is -0.701. The third kappa shape index (κ3) is 3.42. The van der Waals surface area contributed by atoms with E-state index in [4.69, 9.17) is 4.74 Å². The van der Waals surface area contributed by atoms with Gasteiger partial charge < -0.3 is 19.5 Å². The van der Waals surface area contributed by atoms with E-state index in [2.05, 4.69) is 4.98 Å². The number of fused-ring (bicyclic) bond motifs is 1. The molecule has 0 aliphatic carbocycles. The number of nitrogens with zero attached hydrogens (tertiary/aromatic N) is 2. The summed E-state index contributed by atoms with van der Waals surface area (Å²) < 4.78 is 7.61. The van der Waals surface area contributed by atoms with Gasteiger partial charge in [0, 0.05) is 0 Å². The van der Waals surface area contributed by atoms with Crippen LogP contribution in [0.5, 0.6) is 5.75 Å². The van der Waals surface area contributed by atoms with Crippen molar-refractivity contribution in [3.8, 4) is 5.75 Å². The average Bonchev–Trinajstić information content (AvgIpc) is 2.93. The van der Waals surface area contributed by atoms with Gasteiger partial charge in [0.2, 0.25) is 0 Å². The lowest BCUT2D eigenvalue weighted by Crippen LogP contribution is -2.24. The SMILES string of the molecule is Cc1ccc(C)c(OC[C@H](O)Cn2c(CO)nc3ccccc32)c1. The number of aromatic nitrogens is 2. The second kappa shape index (κ2) is 7.03. The Bertz CT molecular complexity index is 842. The Balaban J connectivity index is 1.73. The quantitative estimate of drug-likeness (QED) is 0.731. The van der Waals surface area contributed by atoms with E-state index >= 15 is 0 Å². The molecule has 1 atom stereocenters. The van der Waals surface area contributed by atoms with Gasteiger partial charge in [-0.1, -0.05) is 24.3 Å². The molecule has 5 nitrogen and oxygen atoms in total. The first-order valence-electron chi connectivity index (χ1n) is 8.01. The van der Waals surface area contributed by atoms with Gasteiger partial charge in [-0.25, -0.2) is 4.98 Å². The predicted octanol–water partition coefficient (Wildman–Crippen LogP) is 2.59. The van der Waals surface area contributed by atoms with Crippen LogP contribution in [0.25, 0.3) is 11.0 Å². The molecule has 1 aromatic heterocycles. The van der Waals surface area contributed by atoms with Gasteiger partial charge in [-0.05, 0) is 43.2 Å². The highest BCUT2D eigenvalue weighted by Gasteiger charge is 2.14. The summed E-state index contributed by atoms with van der Waals surface area (Å²) in [6, 6.07) is 13.6. The highest BCUT2D eigenvalue weighted by atomic mass is 16.5. The number of rotatable bonds is 6. The van der Waals surface area contributed by atoms with Crippen molar-refractivity contribution in [1.82, 2.24) is 9.55 Å². The van der Waals surface area contributed by atoms with Crippen LogP contribution in [0, 0.1) is 13.8 Å². The Kier molecular flexibility index (Phi) is 4.83. The van der Waals surface area contributed by atoms with Crippen LogP contribution >= 0.6 is 0 Å². The second-order valence-electron chi connectivity index (χ2n) is 6.02. The van der Waals surface area contributed by atoms with Crippen LogP contribution in [0.3, 0.4) is 0 Å². The van der Waals surface area contributed by atoms with Gasteiger partial charge in [-0.2, -0.15) is 0 Å². The molecule has 0 bridgehead atoms. The van der Waals surface area contributed by atoms with Gasteiger partial charge in [0.25, 0.3) is 0 Å². The minimum atomic E-state index is -0.701. The van der Waals surface area contributed by atoms with E-state index in [1.165, 1.54) is 0 Å². The lowest BCUT2D eigenvalue weighted by molar-refractivity contribution is 0.0911. The van der Waals surface area contributed by atoms with Crippen LogP contribution in [0.1, 0.15) is 17.0 Å². The van der Waals surface area contributed by atoms with Gasteiger partial charge in [0.15, 0.2) is 0 Å². The van der Waals surface area contributed by atoms with Crippen LogP contribution in [0.15, 0.2) is 42.5 Å². The number of aryl methyl sites for hydroxylation is 2. The molecule has 0 unspecified atom stereocenters. The van der Waals surface area contributed by atoms with Crippen molar-refractivity contribution in [2.24, 2.45) is 0 Å². The van der Waals surface area contributed by atoms with Crippen molar-refractivity contribution in [3.05, 3.63) is 59.4 Å². The lowest BCUT2D eigenvalue weighted by Gasteiger charge is -2.16. The molecule has 0 saturated carbocycles. The number of para-hydroxylation sites is 2. The van der Waals surface area contributed by atoms with Crippen LogP contribution in [-0.2, 0) is 13.2 Å². The molecule has 2 N–H and O–H groups in total. The van der Waals surface area contributed by atoms with Gasteiger partial charge in [0.1, 0.15) is 30.9 Å². The number of hydrogen-bond acceptors (Lipinski definition) is 4.